The maximum absolute atomic E-state index is 11.3. The third-order valence-electron chi connectivity index (χ3n) is 2.25. The predicted molar refractivity (Wildman–Crippen MR) is 67.4 cm³/mol. The summed E-state index contributed by atoms with van der Waals surface area (Å²) in [7, 11) is 0. The van der Waals surface area contributed by atoms with Gasteiger partial charge >= 0.3 is 5.97 Å². The fourth-order valence-corrected chi connectivity index (χ4v) is 1.61. The minimum absolute atomic E-state index is 0.0673. The van der Waals surface area contributed by atoms with Gasteiger partial charge in [-0.15, -0.1) is 0 Å². The summed E-state index contributed by atoms with van der Waals surface area (Å²) in [5, 5.41) is 0. The molecule has 0 heterocycles. The highest BCUT2D eigenvalue weighted by molar-refractivity contribution is 5.87. The zero-order valence-corrected chi connectivity index (χ0v) is 11.1. The zero-order valence-electron chi connectivity index (χ0n) is 11.1. The van der Waals surface area contributed by atoms with E-state index < -0.39 is 0 Å². The van der Waals surface area contributed by atoms with Crippen LogP contribution in [0.1, 0.15) is 40.5 Å². The number of ether oxygens (including phenoxy) is 1. The van der Waals surface area contributed by atoms with Crippen molar-refractivity contribution in [2.75, 3.05) is 19.6 Å². The van der Waals surface area contributed by atoms with Crippen LogP contribution in [0.5, 0.6) is 0 Å². The predicted octanol–water partition coefficient (Wildman–Crippen LogP) is 2.62. The van der Waals surface area contributed by atoms with Crippen molar-refractivity contribution in [3.8, 4) is 0 Å². The van der Waals surface area contributed by atoms with E-state index in [1.54, 1.807) is 6.92 Å². The molecule has 1 atom stereocenters. The highest BCUT2D eigenvalue weighted by Crippen LogP contribution is 2.02. The van der Waals surface area contributed by atoms with Crippen LogP contribution in [-0.2, 0) is 9.53 Å². The van der Waals surface area contributed by atoms with Gasteiger partial charge in [0.05, 0.1) is 0 Å². The molecule has 0 radical (unpaired) electrons. The van der Waals surface area contributed by atoms with Crippen molar-refractivity contribution in [1.82, 2.24) is 4.90 Å². The molecule has 0 saturated heterocycles. The van der Waals surface area contributed by atoms with E-state index in [1.165, 1.54) is 0 Å². The van der Waals surface area contributed by atoms with E-state index in [0.29, 0.717) is 5.57 Å². The van der Waals surface area contributed by atoms with E-state index in [-0.39, 0.29) is 12.1 Å². The highest BCUT2D eigenvalue weighted by atomic mass is 16.5. The number of carbonyl (C=O) groups is 1. The summed E-state index contributed by atoms with van der Waals surface area (Å²) in [5.41, 5.74) is 0.462. The molecule has 3 heteroatoms. The molecule has 3 nitrogen and oxygen atoms in total. The van der Waals surface area contributed by atoms with Crippen LogP contribution in [0.2, 0.25) is 0 Å². The maximum Gasteiger partial charge on any atom is 0.333 e. The van der Waals surface area contributed by atoms with Crippen LogP contribution in [0.25, 0.3) is 0 Å². The van der Waals surface area contributed by atoms with Crippen molar-refractivity contribution in [2.24, 2.45) is 0 Å². The Morgan fingerprint density at radius 1 is 1.31 bits per heavy atom. The van der Waals surface area contributed by atoms with Gasteiger partial charge in [-0.05, 0) is 39.8 Å². The van der Waals surface area contributed by atoms with Gasteiger partial charge in [-0.2, -0.15) is 0 Å². The van der Waals surface area contributed by atoms with Crippen LogP contribution >= 0.6 is 0 Å². The Bertz CT molecular complexity index is 220. The summed E-state index contributed by atoms with van der Waals surface area (Å²) < 4.78 is 5.25. The fourth-order valence-electron chi connectivity index (χ4n) is 1.61. The molecule has 0 aliphatic rings. The van der Waals surface area contributed by atoms with Crippen LogP contribution < -0.4 is 0 Å². The molecule has 1 unspecified atom stereocenters. The molecule has 0 amide bonds. The second kappa shape index (κ2) is 8.34. The van der Waals surface area contributed by atoms with Crippen LogP contribution in [-0.4, -0.2) is 36.6 Å². The number of hydrogen-bond donors (Lipinski definition) is 0. The quantitative estimate of drug-likeness (QED) is 0.471. The summed E-state index contributed by atoms with van der Waals surface area (Å²) in [6.07, 6.45) is 2.18. The lowest BCUT2D eigenvalue weighted by Crippen LogP contribution is -2.34. The molecule has 0 spiro atoms. The largest absolute Gasteiger partial charge is 0.458 e. The van der Waals surface area contributed by atoms with E-state index >= 15 is 0 Å². The molecule has 0 aliphatic carbocycles. The average Bonchev–Trinajstić information content (AvgIpc) is 2.17. The molecule has 0 bridgehead atoms. The lowest BCUT2D eigenvalue weighted by molar-refractivity contribution is -0.144. The first-order valence-corrected chi connectivity index (χ1v) is 6.10. The smallest absolute Gasteiger partial charge is 0.333 e. The van der Waals surface area contributed by atoms with Gasteiger partial charge in [0.25, 0.3) is 0 Å². The number of esters is 1. The number of hydrogen-bond acceptors (Lipinski definition) is 3. The first-order chi connectivity index (χ1) is 7.51. The zero-order chi connectivity index (χ0) is 12.6. The van der Waals surface area contributed by atoms with E-state index in [4.69, 9.17) is 4.74 Å². The molecular weight excluding hydrogens is 202 g/mol. The van der Waals surface area contributed by atoms with Gasteiger partial charge in [0.15, 0.2) is 0 Å². The van der Waals surface area contributed by atoms with E-state index in [2.05, 4.69) is 25.3 Å². The second-order valence-electron chi connectivity index (χ2n) is 4.30. The topological polar surface area (TPSA) is 29.5 Å². The molecule has 0 saturated carbocycles. The molecule has 0 aliphatic heterocycles. The van der Waals surface area contributed by atoms with Gasteiger partial charge in [-0.3, -0.25) is 4.90 Å². The number of nitrogens with zero attached hydrogens (tertiary/aromatic N) is 1. The first kappa shape index (κ1) is 15.2. The SMILES string of the molecule is C=C(C)C(=O)OC(C)CN(CCC)CCC. The minimum Gasteiger partial charge on any atom is -0.458 e. The molecule has 16 heavy (non-hydrogen) atoms. The Morgan fingerprint density at radius 3 is 2.19 bits per heavy atom. The van der Waals surface area contributed by atoms with Crippen molar-refractivity contribution < 1.29 is 9.53 Å². The Morgan fingerprint density at radius 2 is 1.81 bits per heavy atom. The van der Waals surface area contributed by atoms with Crippen molar-refractivity contribution >= 4 is 5.97 Å². The van der Waals surface area contributed by atoms with E-state index in [0.717, 1.165) is 32.5 Å². The van der Waals surface area contributed by atoms with Crippen molar-refractivity contribution in [3.63, 3.8) is 0 Å². The normalized spacial score (nSPS) is 12.6. The Balaban J connectivity index is 4.02. The average molecular weight is 227 g/mol. The lowest BCUT2D eigenvalue weighted by Gasteiger charge is -2.24. The van der Waals surface area contributed by atoms with Gasteiger partial charge in [-0.25, -0.2) is 4.79 Å². The van der Waals surface area contributed by atoms with Crippen LogP contribution in [0.15, 0.2) is 12.2 Å². The molecule has 0 aromatic rings. The third kappa shape index (κ3) is 6.62. The molecule has 94 valence electrons. The van der Waals surface area contributed by atoms with Gasteiger partial charge < -0.3 is 4.74 Å². The standard InChI is InChI=1S/C13H25NO2/c1-6-8-14(9-7-2)10-12(5)16-13(15)11(3)4/h12H,3,6-10H2,1-2,4-5H3. The lowest BCUT2D eigenvalue weighted by atomic mass is 10.3. The van der Waals surface area contributed by atoms with Crippen molar-refractivity contribution in [1.29, 1.82) is 0 Å². The summed E-state index contributed by atoms with van der Waals surface area (Å²) in [4.78, 5) is 13.6. The fraction of sp³-hybridized carbons (Fsp3) is 0.769. The van der Waals surface area contributed by atoms with Gasteiger partial charge in [-0.1, -0.05) is 20.4 Å². The van der Waals surface area contributed by atoms with E-state index in [9.17, 15) is 4.79 Å². The molecule has 0 N–H and O–H groups in total. The molecular formula is C13H25NO2. The van der Waals surface area contributed by atoms with Crippen molar-refractivity contribution in [2.45, 2.75) is 46.6 Å². The maximum atomic E-state index is 11.3. The third-order valence-corrected chi connectivity index (χ3v) is 2.25. The number of carbonyl (C=O) groups excluding carboxylic acids is 1. The van der Waals surface area contributed by atoms with Crippen LogP contribution in [0, 0.1) is 0 Å². The number of rotatable bonds is 8. The van der Waals surface area contributed by atoms with Gasteiger partial charge in [0.2, 0.25) is 0 Å². The first-order valence-electron chi connectivity index (χ1n) is 6.10. The molecule has 0 aromatic heterocycles. The van der Waals surface area contributed by atoms with Gasteiger partial charge in [0.1, 0.15) is 6.10 Å². The summed E-state index contributed by atoms with van der Waals surface area (Å²) in [5.74, 6) is -0.291. The van der Waals surface area contributed by atoms with Crippen LogP contribution in [0.4, 0.5) is 0 Å². The van der Waals surface area contributed by atoms with E-state index in [1.807, 2.05) is 6.92 Å². The Kier molecular flexibility index (Phi) is 7.90. The monoisotopic (exact) mass is 227 g/mol. The summed E-state index contributed by atoms with van der Waals surface area (Å²) >= 11 is 0. The highest BCUT2D eigenvalue weighted by Gasteiger charge is 2.13. The molecule has 0 fully saturated rings. The summed E-state index contributed by atoms with van der Waals surface area (Å²) in [6, 6.07) is 0. The second-order valence-corrected chi connectivity index (χ2v) is 4.30. The Labute approximate surface area is 99.5 Å². The Hall–Kier alpha value is -0.830. The molecule has 0 rings (SSSR count). The van der Waals surface area contributed by atoms with Crippen molar-refractivity contribution in [3.05, 3.63) is 12.2 Å². The van der Waals surface area contributed by atoms with Gasteiger partial charge in [0, 0.05) is 12.1 Å². The minimum atomic E-state index is -0.291. The molecule has 0 aromatic carbocycles. The van der Waals surface area contributed by atoms with Crippen LogP contribution in [0.3, 0.4) is 0 Å². The summed E-state index contributed by atoms with van der Waals surface area (Å²) in [6.45, 7) is 14.4.